The summed E-state index contributed by atoms with van der Waals surface area (Å²) in [5.74, 6) is -0.509. The van der Waals surface area contributed by atoms with Crippen molar-refractivity contribution in [3.05, 3.63) is 59.2 Å². The molecule has 2 aromatic rings. The monoisotopic (exact) mass is 500 g/mol. The molecule has 0 unspecified atom stereocenters. The Morgan fingerprint density at radius 1 is 1.19 bits per heavy atom. The molecule has 1 aromatic heterocycles. The summed E-state index contributed by atoms with van der Waals surface area (Å²) >= 11 is 0. The number of aliphatic hydroxyl groups is 1. The van der Waals surface area contributed by atoms with E-state index in [0.717, 1.165) is 30.4 Å². The SMILES string of the molecule is CCc1cncc(CNC[C@@H](O)[C@@H]2Cc3cc(F)cc(c3)OCCCCCC(=O)N(C)CC(=O)N2)c1. The van der Waals surface area contributed by atoms with Crippen molar-refractivity contribution in [2.45, 2.75) is 64.1 Å². The number of benzene rings is 1. The molecule has 0 fully saturated rings. The van der Waals surface area contributed by atoms with Gasteiger partial charge in [-0.05, 0) is 60.9 Å². The Morgan fingerprint density at radius 2 is 2.00 bits per heavy atom. The van der Waals surface area contributed by atoms with Crippen LogP contribution < -0.4 is 15.4 Å². The number of aryl methyl sites for hydroxylation is 1. The van der Waals surface area contributed by atoms with Gasteiger partial charge in [0.2, 0.25) is 11.8 Å². The highest BCUT2D eigenvalue weighted by atomic mass is 19.1. The van der Waals surface area contributed by atoms with E-state index >= 15 is 0 Å². The molecule has 0 radical (unpaired) electrons. The minimum Gasteiger partial charge on any atom is -0.493 e. The van der Waals surface area contributed by atoms with Crippen LogP contribution in [0.2, 0.25) is 0 Å². The van der Waals surface area contributed by atoms with E-state index in [0.29, 0.717) is 37.3 Å². The van der Waals surface area contributed by atoms with Crippen LogP contribution in [-0.2, 0) is 29.0 Å². The summed E-state index contributed by atoms with van der Waals surface area (Å²) in [5, 5.41) is 17.0. The Labute approximate surface area is 212 Å². The number of amides is 2. The average molecular weight is 501 g/mol. The van der Waals surface area contributed by atoms with E-state index in [2.05, 4.69) is 28.6 Å². The molecule has 1 aliphatic rings. The van der Waals surface area contributed by atoms with Crippen molar-refractivity contribution in [2.75, 3.05) is 26.7 Å². The first-order valence-corrected chi connectivity index (χ1v) is 12.6. The van der Waals surface area contributed by atoms with E-state index < -0.39 is 18.0 Å². The van der Waals surface area contributed by atoms with E-state index in [1.165, 1.54) is 17.0 Å². The van der Waals surface area contributed by atoms with Crippen LogP contribution in [0, 0.1) is 5.82 Å². The molecule has 36 heavy (non-hydrogen) atoms. The Kier molecular flexibility index (Phi) is 10.6. The van der Waals surface area contributed by atoms with Crippen LogP contribution in [0.4, 0.5) is 4.39 Å². The minimum absolute atomic E-state index is 0.105. The summed E-state index contributed by atoms with van der Waals surface area (Å²) in [5.41, 5.74) is 2.73. The highest BCUT2D eigenvalue weighted by molar-refractivity contribution is 5.84. The minimum atomic E-state index is -0.955. The van der Waals surface area contributed by atoms with Crippen molar-refractivity contribution < 1.29 is 23.8 Å². The predicted molar refractivity (Wildman–Crippen MR) is 135 cm³/mol. The van der Waals surface area contributed by atoms with Crippen molar-refractivity contribution in [3.63, 3.8) is 0 Å². The van der Waals surface area contributed by atoms with E-state index in [4.69, 9.17) is 4.74 Å². The van der Waals surface area contributed by atoms with Crippen molar-refractivity contribution >= 4 is 11.8 Å². The highest BCUT2D eigenvalue weighted by Gasteiger charge is 2.24. The third-order valence-corrected chi connectivity index (χ3v) is 6.25. The zero-order valence-electron chi connectivity index (χ0n) is 21.1. The largest absolute Gasteiger partial charge is 0.493 e. The Bertz CT molecular complexity index is 1020. The standard InChI is InChI=1S/C27H37FN4O4/c1-3-19-9-21(15-29-14-19)16-30-17-25(33)24-12-20-10-22(28)13-23(11-20)36-8-6-4-5-7-27(35)32(2)18-26(34)31-24/h9-11,13-15,24-25,30,33H,3-8,12,16-18H2,1-2H3,(H,31,34)/t24-,25+/m0/s1. The fourth-order valence-electron chi connectivity index (χ4n) is 4.19. The summed E-state index contributed by atoms with van der Waals surface area (Å²) in [6.45, 7) is 3.09. The number of aliphatic hydroxyl groups excluding tert-OH is 1. The fraction of sp³-hybridized carbons (Fsp3) is 0.519. The van der Waals surface area contributed by atoms with Crippen LogP contribution >= 0.6 is 0 Å². The molecule has 2 bridgehead atoms. The number of hydrogen-bond acceptors (Lipinski definition) is 6. The van der Waals surface area contributed by atoms with Gasteiger partial charge in [0.15, 0.2) is 0 Å². The lowest BCUT2D eigenvalue weighted by Gasteiger charge is -2.26. The highest BCUT2D eigenvalue weighted by Crippen LogP contribution is 2.19. The first-order chi connectivity index (χ1) is 17.3. The number of nitrogens with one attached hydrogen (secondary N) is 2. The molecule has 0 spiro atoms. The van der Waals surface area contributed by atoms with Crippen LogP contribution in [-0.4, -0.2) is 65.7 Å². The number of nitrogens with zero attached hydrogens (tertiary/aromatic N) is 2. The van der Waals surface area contributed by atoms with Crippen LogP contribution in [0.25, 0.3) is 0 Å². The second kappa shape index (κ2) is 13.9. The lowest BCUT2D eigenvalue weighted by Crippen LogP contribution is -2.51. The van der Waals surface area contributed by atoms with Crippen molar-refractivity contribution in [1.82, 2.24) is 20.5 Å². The molecule has 0 saturated heterocycles. The van der Waals surface area contributed by atoms with Gasteiger partial charge in [-0.25, -0.2) is 4.39 Å². The Balaban J connectivity index is 1.72. The third kappa shape index (κ3) is 8.87. The van der Waals surface area contributed by atoms with E-state index in [1.54, 1.807) is 19.3 Å². The number of likely N-dealkylation sites (N-methyl/N-ethyl adjacent to an activating group) is 1. The maximum atomic E-state index is 14.3. The van der Waals surface area contributed by atoms with Gasteiger partial charge in [-0.3, -0.25) is 14.6 Å². The molecule has 2 heterocycles. The molecule has 196 valence electrons. The Hall–Kier alpha value is -3.04. The fourth-order valence-corrected chi connectivity index (χ4v) is 4.19. The first-order valence-electron chi connectivity index (χ1n) is 12.6. The van der Waals surface area contributed by atoms with E-state index in [-0.39, 0.29) is 31.3 Å². The smallest absolute Gasteiger partial charge is 0.239 e. The number of pyridine rings is 1. The molecule has 2 amide bonds. The predicted octanol–water partition coefficient (Wildman–Crippen LogP) is 2.37. The Morgan fingerprint density at radius 3 is 2.81 bits per heavy atom. The number of hydrogen-bond donors (Lipinski definition) is 3. The van der Waals surface area contributed by atoms with Gasteiger partial charge in [0, 0.05) is 45.0 Å². The van der Waals surface area contributed by atoms with Gasteiger partial charge in [-0.1, -0.05) is 13.0 Å². The van der Waals surface area contributed by atoms with Gasteiger partial charge in [0.05, 0.1) is 25.3 Å². The third-order valence-electron chi connectivity index (χ3n) is 6.25. The van der Waals surface area contributed by atoms with Gasteiger partial charge in [0.25, 0.3) is 0 Å². The lowest BCUT2D eigenvalue weighted by atomic mass is 10.00. The van der Waals surface area contributed by atoms with Crippen LogP contribution in [0.1, 0.15) is 49.3 Å². The molecule has 9 heteroatoms. The molecule has 1 aromatic carbocycles. The number of carbonyl (C=O) groups is 2. The van der Waals surface area contributed by atoms with Crippen molar-refractivity contribution in [1.29, 1.82) is 0 Å². The molecule has 0 aliphatic carbocycles. The molecular weight excluding hydrogens is 463 g/mol. The molecule has 2 atom stereocenters. The molecular formula is C27H37FN4O4. The first kappa shape index (κ1) is 27.5. The molecule has 0 saturated carbocycles. The molecule has 8 nitrogen and oxygen atoms in total. The van der Waals surface area contributed by atoms with Gasteiger partial charge >= 0.3 is 0 Å². The normalized spacial score (nSPS) is 18.9. The van der Waals surface area contributed by atoms with Gasteiger partial charge in [0.1, 0.15) is 11.6 Å². The average Bonchev–Trinajstić information content (AvgIpc) is 2.84. The van der Waals surface area contributed by atoms with E-state index in [1.807, 2.05) is 6.20 Å². The van der Waals surface area contributed by atoms with Crippen molar-refractivity contribution in [3.8, 4) is 5.75 Å². The zero-order chi connectivity index (χ0) is 25.9. The quantitative estimate of drug-likeness (QED) is 0.563. The summed E-state index contributed by atoms with van der Waals surface area (Å²) in [6.07, 6.45) is 6.30. The van der Waals surface area contributed by atoms with Crippen LogP contribution in [0.3, 0.4) is 0 Å². The number of carbonyl (C=O) groups excluding carboxylic acids is 2. The molecule has 1 aliphatic heterocycles. The summed E-state index contributed by atoms with van der Waals surface area (Å²) in [4.78, 5) is 30.8. The van der Waals surface area contributed by atoms with E-state index in [9.17, 15) is 19.1 Å². The summed E-state index contributed by atoms with van der Waals surface area (Å²) in [7, 11) is 1.60. The molecule has 3 rings (SSSR count). The summed E-state index contributed by atoms with van der Waals surface area (Å²) in [6, 6.07) is 5.81. The molecule has 3 N–H and O–H groups in total. The van der Waals surface area contributed by atoms with Gasteiger partial charge in [-0.15, -0.1) is 0 Å². The number of ether oxygens (including phenoxy) is 1. The van der Waals surface area contributed by atoms with Crippen LogP contribution in [0.15, 0.2) is 36.7 Å². The topological polar surface area (TPSA) is 104 Å². The lowest BCUT2D eigenvalue weighted by molar-refractivity contribution is -0.135. The van der Waals surface area contributed by atoms with Gasteiger partial charge in [-0.2, -0.15) is 0 Å². The van der Waals surface area contributed by atoms with Gasteiger partial charge < -0.3 is 25.4 Å². The number of rotatable bonds is 6. The second-order valence-electron chi connectivity index (χ2n) is 9.34. The second-order valence-corrected chi connectivity index (χ2v) is 9.34. The van der Waals surface area contributed by atoms with Crippen molar-refractivity contribution in [2.24, 2.45) is 0 Å². The number of aromatic nitrogens is 1. The maximum Gasteiger partial charge on any atom is 0.239 e. The zero-order valence-corrected chi connectivity index (χ0v) is 21.1. The van der Waals surface area contributed by atoms with Crippen LogP contribution in [0.5, 0.6) is 5.75 Å². The number of halogens is 1. The maximum absolute atomic E-state index is 14.3. The summed E-state index contributed by atoms with van der Waals surface area (Å²) < 4.78 is 20.0. The number of fused-ring (bicyclic) bond motifs is 2.